The molecule has 0 aromatic carbocycles. The molecule has 0 amide bonds. The third-order valence-electron chi connectivity index (χ3n) is 0.325. The largest absolute Gasteiger partial charge is 0.361 e. The third-order valence-corrected chi connectivity index (χ3v) is 0.688. The molecule has 0 rings (SSSR count). The summed E-state index contributed by atoms with van der Waals surface area (Å²) in [5.74, 6) is 0. The van der Waals surface area contributed by atoms with Crippen molar-refractivity contribution in [3.63, 3.8) is 0 Å². The minimum Gasteiger partial charge on any atom is -0.361 e. The topological polar surface area (TPSA) is 32.3 Å². The van der Waals surface area contributed by atoms with E-state index >= 15 is 0 Å². The molecule has 0 radical (unpaired) electrons. The Morgan fingerprint density at radius 2 is 2.67 bits per heavy atom. The van der Waals surface area contributed by atoms with E-state index in [0.29, 0.717) is 6.54 Å². The summed E-state index contributed by atoms with van der Waals surface area (Å²) >= 11 is 0. The van der Waals surface area contributed by atoms with Gasteiger partial charge in [0.05, 0.1) is 8.96 Å². The highest BCUT2D eigenvalue weighted by atomic mass is 31.1. The fourth-order valence-electron chi connectivity index (χ4n) is 0.118. The van der Waals surface area contributed by atoms with Gasteiger partial charge in [-0.3, -0.25) is 5.09 Å². The van der Waals surface area contributed by atoms with Crippen molar-refractivity contribution in [3.8, 4) is 0 Å². The highest BCUT2D eigenvalue weighted by molar-refractivity contribution is 7.28. The van der Waals surface area contributed by atoms with E-state index in [9.17, 15) is 0 Å². The Kier molecular flexibility index (Phi) is 5.17. The first-order chi connectivity index (χ1) is 2.91. The molecule has 0 saturated carbocycles. The van der Waals surface area contributed by atoms with E-state index in [1.807, 2.05) is 0 Å². The van der Waals surface area contributed by atoms with Crippen LogP contribution in [0.4, 0.5) is 0 Å². The Bertz CT molecular complexity index is 39.8. The van der Waals surface area contributed by atoms with Crippen molar-refractivity contribution in [2.75, 3.05) is 6.54 Å². The van der Waals surface area contributed by atoms with E-state index in [2.05, 4.69) is 11.7 Å². The molecule has 1 atom stereocenters. The molecule has 0 aromatic heterocycles. The lowest BCUT2D eigenvalue weighted by atomic mass is 10.7. The molecule has 0 spiro atoms. The molecule has 0 aliphatic carbocycles. The minimum absolute atomic E-state index is 0.157. The Morgan fingerprint density at radius 3 is 2.83 bits per heavy atom. The first-order valence-electron chi connectivity index (χ1n) is 1.64. The molecule has 0 heterocycles. The molecular formula is C3H8NOP. The highest BCUT2D eigenvalue weighted by Crippen LogP contribution is 1.87. The molecule has 0 saturated heterocycles. The maximum absolute atomic E-state index is 8.07. The number of hydrogen-bond acceptors (Lipinski definition) is 2. The second-order valence-corrected chi connectivity index (χ2v) is 1.36. The van der Waals surface area contributed by atoms with Gasteiger partial charge in [-0.25, -0.2) is 0 Å². The van der Waals surface area contributed by atoms with Gasteiger partial charge < -0.3 is 4.89 Å². The SMILES string of the molecule is C=CCNPO. The zero-order chi connectivity index (χ0) is 4.83. The molecular weight excluding hydrogens is 97.0 g/mol. The van der Waals surface area contributed by atoms with Gasteiger partial charge in [0.25, 0.3) is 0 Å². The summed E-state index contributed by atoms with van der Waals surface area (Å²) in [7, 11) is -0.157. The summed E-state index contributed by atoms with van der Waals surface area (Å²) in [5.41, 5.74) is 0. The lowest BCUT2D eigenvalue weighted by Crippen LogP contribution is -1.97. The van der Waals surface area contributed by atoms with Gasteiger partial charge in [-0.05, 0) is 0 Å². The average Bonchev–Trinajstić information content (AvgIpc) is 1.61. The summed E-state index contributed by atoms with van der Waals surface area (Å²) in [5, 5.41) is 2.66. The molecule has 0 fully saturated rings. The Hall–Kier alpha value is 0.0900. The zero-order valence-electron chi connectivity index (χ0n) is 3.44. The molecule has 0 bridgehead atoms. The molecule has 0 aliphatic heterocycles. The van der Waals surface area contributed by atoms with E-state index in [0.717, 1.165) is 0 Å². The van der Waals surface area contributed by atoms with Gasteiger partial charge in [0, 0.05) is 6.54 Å². The van der Waals surface area contributed by atoms with Gasteiger partial charge >= 0.3 is 0 Å². The van der Waals surface area contributed by atoms with Gasteiger partial charge in [-0.2, -0.15) is 0 Å². The second kappa shape index (κ2) is 5.09. The Labute approximate surface area is 39.2 Å². The number of nitrogens with one attached hydrogen (secondary N) is 1. The molecule has 2 nitrogen and oxygen atoms in total. The maximum Gasteiger partial charge on any atom is 0.0828 e. The van der Waals surface area contributed by atoms with Crippen molar-refractivity contribution < 1.29 is 4.89 Å². The van der Waals surface area contributed by atoms with Crippen LogP contribution in [-0.4, -0.2) is 11.4 Å². The van der Waals surface area contributed by atoms with E-state index < -0.39 is 0 Å². The first kappa shape index (κ1) is 6.09. The van der Waals surface area contributed by atoms with Crippen molar-refractivity contribution in [3.05, 3.63) is 12.7 Å². The molecule has 2 N–H and O–H groups in total. The van der Waals surface area contributed by atoms with Gasteiger partial charge in [-0.15, -0.1) is 6.58 Å². The van der Waals surface area contributed by atoms with Crippen LogP contribution in [0.3, 0.4) is 0 Å². The van der Waals surface area contributed by atoms with E-state index in [1.165, 1.54) is 0 Å². The van der Waals surface area contributed by atoms with Gasteiger partial charge in [-0.1, -0.05) is 6.08 Å². The Morgan fingerprint density at radius 1 is 2.00 bits per heavy atom. The van der Waals surface area contributed by atoms with E-state index in [4.69, 9.17) is 4.89 Å². The highest BCUT2D eigenvalue weighted by Gasteiger charge is 1.67. The molecule has 36 valence electrons. The monoisotopic (exact) mass is 105 g/mol. The fraction of sp³-hybridized carbons (Fsp3) is 0.333. The summed E-state index contributed by atoms with van der Waals surface area (Å²) < 4.78 is 0. The molecule has 0 aromatic rings. The van der Waals surface area contributed by atoms with Crippen molar-refractivity contribution in [1.82, 2.24) is 5.09 Å². The smallest absolute Gasteiger partial charge is 0.0828 e. The lowest BCUT2D eigenvalue weighted by Gasteiger charge is -1.87. The van der Waals surface area contributed by atoms with Crippen LogP contribution in [-0.2, 0) is 0 Å². The van der Waals surface area contributed by atoms with Crippen LogP contribution in [0.25, 0.3) is 0 Å². The summed E-state index contributed by atoms with van der Waals surface area (Å²) in [6.07, 6.45) is 1.70. The fourth-order valence-corrected chi connectivity index (χ4v) is 0.353. The second-order valence-electron chi connectivity index (χ2n) is 0.781. The predicted molar refractivity (Wildman–Crippen MR) is 28.7 cm³/mol. The van der Waals surface area contributed by atoms with Crippen LogP contribution in [0.1, 0.15) is 0 Å². The van der Waals surface area contributed by atoms with Gasteiger partial charge in [0.1, 0.15) is 0 Å². The van der Waals surface area contributed by atoms with Crippen molar-refractivity contribution in [2.45, 2.75) is 0 Å². The first-order valence-corrected chi connectivity index (χ1v) is 2.59. The van der Waals surface area contributed by atoms with Gasteiger partial charge in [0.2, 0.25) is 0 Å². The van der Waals surface area contributed by atoms with Gasteiger partial charge in [0.15, 0.2) is 0 Å². The summed E-state index contributed by atoms with van der Waals surface area (Å²) in [6.45, 7) is 4.12. The van der Waals surface area contributed by atoms with E-state index in [-0.39, 0.29) is 8.96 Å². The minimum atomic E-state index is -0.157. The van der Waals surface area contributed by atoms with Crippen molar-refractivity contribution in [2.24, 2.45) is 0 Å². The molecule has 3 heteroatoms. The van der Waals surface area contributed by atoms with Crippen LogP contribution in [0, 0.1) is 0 Å². The quantitative estimate of drug-likeness (QED) is 0.306. The van der Waals surface area contributed by atoms with Crippen LogP contribution in [0.2, 0.25) is 0 Å². The molecule has 6 heavy (non-hydrogen) atoms. The third kappa shape index (κ3) is 4.09. The van der Waals surface area contributed by atoms with Crippen LogP contribution >= 0.6 is 8.96 Å². The average molecular weight is 105 g/mol. The van der Waals surface area contributed by atoms with Crippen LogP contribution in [0.5, 0.6) is 0 Å². The molecule has 0 aliphatic rings. The predicted octanol–water partition coefficient (Wildman–Crippen LogP) is 0.263. The number of rotatable bonds is 3. The standard InChI is InChI=1S/C3H8NOP/c1-2-3-4-6-5/h2,4-6H,1,3H2. The van der Waals surface area contributed by atoms with Crippen LogP contribution < -0.4 is 5.09 Å². The summed E-state index contributed by atoms with van der Waals surface area (Å²) in [6, 6.07) is 0. The van der Waals surface area contributed by atoms with Crippen molar-refractivity contribution >= 4 is 8.96 Å². The lowest BCUT2D eigenvalue weighted by molar-refractivity contribution is 0.634. The number of hydrogen-bond donors (Lipinski definition) is 2. The Balaban J connectivity index is 2.49. The van der Waals surface area contributed by atoms with Crippen LogP contribution in [0.15, 0.2) is 12.7 Å². The molecule has 1 unspecified atom stereocenters. The van der Waals surface area contributed by atoms with E-state index in [1.54, 1.807) is 6.08 Å². The van der Waals surface area contributed by atoms with Crippen molar-refractivity contribution in [1.29, 1.82) is 0 Å². The maximum atomic E-state index is 8.07. The summed E-state index contributed by atoms with van der Waals surface area (Å²) in [4.78, 5) is 8.07. The normalized spacial score (nSPS) is 10.2. The zero-order valence-corrected chi connectivity index (χ0v) is 4.44.